The second kappa shape index (κ2) is 10.6. The van der Waals surface area contributed by atoms with Crippen LogP contribution in [0.2, 0.25) is 0 Å². The number of hydrogen-bond acceptors (Lipinski definition) is 7. The molecule has 8 nitrogen and oxygen atoms in total. The SMILES string of the molecule is CN(Cc1ccc2c(c1)OCCO2)C(=O)CSc1nnc(-c2ccncc2)n1Cc1ccccc1. The zero-order valence-corrected chi connectivity index (χ0v) is 20.1. The standard InChI is InChI=1S/C26H25N5O3S/c1-30(16-20-7-8-22-23(15-20)34-14-13-33-22)24(32)18-35-26-29-28-25(21-9-11-27-12-10-21)31(26)17-19-5-3-2-4-6-19/h2-12,15H,13-14,16-18H2,1H3. The fraction of sp³-hybridized carbons (Fsp3) is 0.231. The van der Waals surface area contributed by atoms with Crippen molar-refractivity contribution in [3.8, 4) is 22.9 Å². The quantitative estimate of drug-likeness (QED) is 0.349. The van der Waals surface area contributed by atoms with Gasteiger partial charge in [-0.05, 0) is 35.4 Å². The predicted molar refractivity (Wildman–Crippen MR) is 133 cm³/mol. The van der Waals surface area contributed by atoms with Gasteiger partial charge in [0.05, 0.1) is 12.3 Å². The highest BCUT2D eigenvalue weighted by Gasteiger charge is 2.18. The van der Waals surface area contributed by atoms with Crippen molar-refractivity contribution < 1.29 is 14.3 Å². The summed E-state index contributed by atoms with van der Waals surface area (Å²) < 4.78 is 13.3. The van der Waals surface area contributed by atoms with Gasteiger partial charge in [-0.3, -0.25) is 14.3 Å². The van der Waals surface area contributed by atoms with E-state index in [-0.39, 0.29) is 11.7 Å². The number of rotatable bonds is 8. The Balaban J connectivity index is 1.28. The van der Waals surface area contributed by atoms with E-state index in [9.17, 15) is 4.79 Å². The van der Waals surface area contributed by atoms with Gasteiger partial charge in [-0.1, -0.05) is 48.2 Å². The van der Waals surface area contributed by atoms with Gasteiger partial charge in [0.25, 0.3) is 0 Å². The number of hydrogen-bond donors (Lipinski definition) is 0. The number of pyridine rings is 1. The Morgan fingerprint density at radius 3 is 2.54 bits per heavy atom. The minimum atomic E-state index is 0.00427. The summed E-state index contributed by atoms with van der Waals surface area (Å²) in [6.07, 6.45) is 3.47. The first kappa shape index (κ1) is 22.9. The molecule has 2 aromatic heterocycles. The van der Waals surface area contributed by atoms with Crippen molar-refractivity contribution in [2.24, 2.45) is 0 Å². The summed E-state index contributed by atoms with van der Waals surface area (Å²) in [6, 6.07) is 19.7. The van der Waals surface area contributed by atoms with Crippen LogP contribution in [0.3, 0.4) is 0 Å². The molecule has 178 valence electrons. The van der Waals surface area contributed by atoms with Crippen molar-refractivity contribution in [2.75, 3.05) is 26.0 Å². The van der Waals surface area contributed by atoms with Crippen LogP contribution in [-0.4, -0.2) is 56.6 Å². The maximum absolute atomic E-state index is 12.9. The second-order valence-electron chi connectivity index (χ2n) is 8.13. The number of amides is 1. The zero-order valence-electron chi connectivity index (χ0n) is 19.3. The highest BCUT2D eigenvalue weighted by atomic mass is 32.2. The van der Waals surface area contributed by atoms with Crippen molar-refractivity contribution in [2.45, 2.75) is 18.2 Å². The number of carbonyl (C=O) groups excluding carboxylic acids is 1. The van der Waals surface area contributed by atoms with E-state index in [1.54, 1.807) is 24.3 Å². The number of aromatic nitrogens is 4. The van der Waals surface area contributed by atoms with Crippen LogP contribution in [0, 0.1) is 0 Å². The molecule has 0 spiro atoms. The van der Waals surface area contributed by atoms with Crippen molar-refractivity contribution in [1.82, 2.24) is 24.6 Å². The molecule has 1 amide bonds. The Hall–Kier alpha value is -3.85. The average Bonchev–Trinajstić information content (AvgIpc) is 3.30. The van der Waals surface area contributed by atoms with Gasteiger partial charge in [-0.15, -0.1) is 10.2 Å². The first-order valence-corrected chi connectivity index (χ1v) is 12.3. The molecule has 5 rings (SSSR count). The molecule has 0 saturated carbocycles. The summed E-state index contributed by atoms with van der Waals surface area (Å²) in [7, 11) is 1.80. The van der Waals surface area contributed by atoms with E-state index in [2.05, 4.69) is 27.3 Å². The predicted octanol–water partition coefficient (Wildman–Crippen LogP) is 3.91. The third-order valence-corrected chi connectivity index (χ3v) is 6.57. The number of nitrogens with zero attached hydrogens (tertiary/aromatic N) is 5. The third-order valence-electron chi connectivity index (χ3n) is 5.62. The van der Waals surface area contributed by atoms with E-state index in [0.29, 0.717) is 31.5 Å². The molecule has 0 saturated heterocycles. The summed E-state index contributed by atoms with van der Waals surface area (Å²) in [6.45, 7) is 2.18. The van der Waals surface area contributed by atoms with Crippen molar-refractivity contribution >= 4 is 17.7 Å². The van der Waals surface area contributed by atoms with Gasteiger partial charge >= 0.3 is 0 Å². The van der Waals surface area contributed by atoms with Gasteiger partial charge in [0.15, 0.2) is 22.5 Å². The maximum atomic E-state index is 12.9. The Bertz CT molecular complexity index is 1300. The van der Waals surface area contributed by atoms with Gasteiger partial charge in [0.2, 0.25) is 5.91 Å². The lowest BCUT2D eigenvalue weighted by Gasteiger charge is -2.21. The van der Waals surface area contributed by atoms with Crippen molar-refractivity contribution in [3.05, 3.63) is 84.2 Å². The molecule has 3 heterocycles. The van der Waals surface area contributed by atoms with E-state index in [4.69, 9.17) is 9.47 Å². The first-order valence-electron chi connectivity index (χ1n) is 11.3. The number of ether oxygens (including phenoxy) is 2. The molecule has 4 aromatic rings. The van der Waals surface area contributed by atoms with Crippen LogP contribution in [0.1, 0.15) is 11.1 Å². The molecule has 0 bridgehead atoms. The molecule has 2 aromatic carbocycles. The van der Waals surface area contributed by atoms with Gasteiger partial charge in [-0.2, -0.15) is 0 Å². The molecule has 0 atom stereocenters. The average molecular weight is 488 g/mol. The lowest BCUT2D eigenvalue weighted by atomic mass is 10.2. The van der Waals surface area contributed by atoms with E-state index in [0.717, 1.165) is 34.0 Å². The fourth-order valence-electron chi connectivity index (χ4n) is 3.80. The van der Waals surface area contributed by atoms with E-state index < -0.39 is 0 Å². The monoisotopic (exact) mass is 487 g/mol. The molecule has 0 unspecified atom stereocenters. The third kappa shape index (κ3) is 5.46. The molecule has 9 heteroatoms. The maximum Gasteiger partial charge on any atom is 0.233 e. The Morgan fingerprint density at radius 2 is 1.74 bits per heavy atom. The minimum Gasteiger partial charge on any atom is -0.486 e. The molecule has 0 aliphatic carbocycles. The fourth-order valence-corrected chi connectivity index (χ4v) is 4.68. The number of carbonyl (C=O) groups is 1. The summed E-state index contributed by atoms with van der Waals surface area (Å²) in [5.41, 5.74) is 3.05. The summed E-state index contributed by atoms with van der Waals surface area (Å²) in [5.74, 6) is 2.47. The highest BCUT2D eigenvalue weighted by Crippen LogP contribution is 2.31. The van der Waals surface area contributed by atoms with Gasteiger partial charge in [0, 0.05) is 31.5 Å². The van der Waals surface area contributed by atoms with Crippen LogP contribution < -0.4 is 9.47 Å². The topological polar surface area (TPSA) is 82.4 Å². The largest absolute Gasteiger partial charge is 0.486 e. The van der Waals surface area contributed by atoms with E-state index in [1.165, 1.54) is 11.8 Å². The normalized spacial score (nSPS) is 12.4. The Kier molecular flexibility index (Phi) is 6.94. The zero-order chi connectivity index (χ0) is 24.0. The molecular formula is C26H25N5O3S. The first-order chi connectivity index (χ1) is 17.2. The summed E-state index contributed by atoms with van der Waals surface area (Å²) in [5, 5.41) is 9.53. The van der Waals surface area contributed by atoms with Crippen LogP contribution in [0.4, 0.5) is 0 Å². The molecule has 1 aliphatic heterocycles. The summed E-state index contributed by atoms with van der Waals surface area (Å²) >= 11 is 1.39. The molecule has 0 fully saturated rings. The second-order valence-corrected chi connectivity index (χ2v) is 9.07. The molecule has 35 heavy (non-hydrogen) atoms. The van der Waals surface area contributed by atoms with E-state index >= 15 is 0 Å². The highest BCUT2D eigenvalue weighted by molar-refractivity contribution is 7.99. The van der Waals surface area contributed by atoms with Crippen LogP contribution in [-0.2, 0) is 17.9 Å². The van der Waals surface area contributed by atoms with Crippen LogP contribution >= 0.6 is 11.8 Å². The van der Waals surface area contributed by atoms with Gasteiger partial charge in [0.1, 0.15) is 13.2 Å². The Labute approximate surface area is 207 Å². The lowest BCUT2D eigenvalue weighted by molar-refractivity contribution is -0.127. The molecule has 0 radical (unpaired) electrons. The number of fused-ring (bicyclic) bond motifs is 1. The van der Waals surface area contributed by atoms with Gasteiger partial charge in [-0.25, -0.2) is 0 Å². The van der Waals surface area contributed by atoms with Crippen LogP contribution in [0.15, 0.2) is 78.2 Å². The van der Waals surface area contributed by atoms with Crippen molar-refractivity contribution in [1.29, 1.82) is 0 Å². The van der Waals surface area contributed by atoms with Crippen LogP contribution in [0.25, 0.3) is 11.4 Å². The van der Waals surface area contributed by atoms with Crippen molar-refractivity contribution in [3.63, 3.8) is 0 Å². The smallest absolute Gasteiger partial charge is 0.233 e. The number of benzene rings is 2. The lowest BCUT2D eigenvalue weighted by Crippen LogP contribution is -2.28. The molecule has 1 aliphatic rings. The van der Waals surface area contributed by atoms with Crippen LogP contribution in [0.5, 0.6) is 11.5 Å². The number of thioether (sulfide) groups is 1. The van der Waals surface area contributed by atoms with Gasteiger partial charge < -0.3 is 14.4 Å². The summed E-state index contributed by atoms with van der Waals surface area (Å²) in [4.78, 5) is 18.7. The van der Waals surface area contributed by atoms with E-state index in [1.807, 2.05) is 53.1 Å². The minimum absolute atomic E-state index is 0.00427. The molecule has 0 N–H and O–H groups in total. The molecular weight excluding hydrogens is 462 g/mol. The Morgan fingerprint density at radius 1 is 0.971 bits per heavy atom.